The summed E-state index contributed by atoms with van der Waals surface area (Å²) in [6.07, 6.45) is 0.0506. The van der Waals surface area contributed by atoms with E-state index < -0.39 is 145 Å². The number of primary amides is 1. The van der Waals surface area contributed by atoms with E-state index >= 15 is 0 Å². The first-order valence-electron chi connectivity index (χ1n) is 26.1. The molecule has 22 nitrogen and oxygen atoms in total. The van der Waals surface area contributed by atoms with Gasteiger partial charge in [0.2, 0.25) is 29.5 Å². The number of nitrogens with two attached hydrogens (primary N) is 4. The fraction of sp³-hybridized carbons (Fsp3) is 0.660. The van der Waals surface area contributed by atoms with Crippen LogP contribution in [0.25, 0.3) is 0 Å². The van der Waals surface area contributed by atoms with E-state index in [1.54, 1.807) is 51.1 Å². The Balaban J connectivity index is 3.35. The van der Waals surface area contributed by atoms with Crippen LogP contribution >= 0.6 is 0 Å². The highest BCUT2D eigenvalue weighted by Crippen LogP contribution is 2.25. The number of guanidine groups is 1. The molecule has 75 heavy (non-hydrogen) atoms. The predicted octanol–water partition coefficient (Wildman–Crippen LogP) is 2.25. The molecule has 1 aromatic carbocycles. The maximum Gasteiger partial charge on any atom is 0.305 e. The second kappa shape index (κ2) is 34.8. The molecule has 0 aromatic heterocycles. The summed E-state index contributed by atoms with van der Waals surface area (Å²) in [7, 11) is 0. The lowest BCUT2D eigenvalue weighted by Crippen LogP contribution is -2.50. The summed E-state index contributed by atoms with van der Waals surface area (Å²) in [5.41, 5.74) is 22.9. The molecule has 0 aliphatic carbocycles. The smallest absolute Gasteiger partial charge is 0.305 e. The summed E-state index contributed by atoms with van der Waals surface area (Å²) in [5.74, 6) is -14.8. The van der Waals surface area contributed by atoms with Crippen molar-refractivity contribution in [3.05, 3.63) is 35.9 Å². The average Bonchev–Trinajstić information content (AvgIpc) is 3.35. The number of carboxylic acids is 2. The van der Waals surface area contributed by atoms with E-state index in [1.165, 1.54) is 13.8 Å². The van der Waals surface area contributed by atoms with Crippen molar-refractivity contribution in [1.82, 2.24) is 21.3 Å². The van der Waals surface area contributed by atoms with E-state index in [4.69, 9.17) is 22.9 Å². The lowest BCUT2D eigenvalue weighted by atomic mass is 9.83. The van der Waals surface area contributed by atoms with Crippen LogP contribution in [0.15, 0.2) is 35.3 Å². The van der Waals surface area contributed by atoms with Crippen molar-refractivity contribution in [1.29, 1.82) is 0 Å². The summed E-state index contributed by atoms with van der Waals surface area (Å²) in [4.78, 5) is 150. The fourth-order valence-electron chi connectivity index (χ4n) is 8.53. The first kappa shape index (κ1) is 66.4. The average molecular weight is 1060 g/mol. The lowest BCUT2D eigenvalue weighted by Gasteiger charge is -2.28. The second-order valence-corrected chi connectivity index (χ2v) is 19.8. The highest BCUT2D eigenvalue weighted by molar-refractivity contribution is 5.99. The minimum Gasteiger partial charge on any atom is -0.481 e. The molecule has 0 saturated heterocycles. The Morgan fingerprint density at radius 1 is 0.533 bits per heavy atom. The molecule has 0 radical (unpaired) electrons. The minimum absolute atomic E-state index is 0.0131. The number of carbonyl (C=O) groups excluding carboxylic acids is 9. The summed E-state index contributed by atoms with van der Waals surface area (Å²) < 4.78 is 0. The van der Waals surface area contributed by atoms with Gasteiger partial charge in [-0.2, -0.15) is 0 Å². The Hall–Kier alpha value is -6.58. The van der Waals surface area contributed by atoms with Crippen LogP contribution in [0.4, 0.5) is 0 Å². The van der Waals surface area contributed by atoms with E-state index in [2.05, 4.69) is 26.3 Å². The number of Topliss-reactive ketones (excluding diaryl/α,β-unsaturated/α-hetero) is 4. The third-order valence-corrected chi connectivity index (χ3v) is 13.9. The van der Waals surface area contributed by atoms with Crippen LogP contribution in [-0.2, 0) is 59.2 Å². The Kier molecular flexibility index (Phi) is 30.8. The van der Waals surface area contributed by atoms with Crippen molar-refractivity contribution in [2.24, 2.45) is 69.4 Å². The van der Waals surface area contributed by atoms with Crippen molar-refractivity contribution in [3.8, 4) is 0 Å². The van der Waals surface area contributed by atoms with E-state index in [0.29, 0.717) is 37.8 Å². The van der Waals surface area contributed by atoms with Gasteiger partial charge in [0.15, 0.2) is 29.1 Å². The number of unbranched alkanes of at least 4 members (excludes halogenated alkanes) is 1. The largest absolute Gasteiger partial charge is 0.481 e. The molecule has 11 atom stereocenters. The van der Waals surface area contributed by atoms with E-state index in [1.807, 2.05) is 13.8 Å². The van der Waals surface area contributed by atoms with Crippen LogP contribution in [0, 0.1) is 41.4 Å². The van der Waals surface area contributed by atoms with Gasteiger partial charge in [-0.1, -0.05) is 91.1 Å². The van der Waals surface area contributed by atoms with Crippen molar-refractivity contribution < 1.29 is 63.0 Å². The van der Waals surface area contributed by atoms with Gasteiger partial charge in [0.25, 0.3) is 0 Å². The van der Waals surface area contributed by atoms with Gasteiger partial charge in [0.1, 0.15) is 0 Å². The van der Waals surface area contributed by atoms with Crippen molar-refractivity contribution in [2.75, 3.05) is 13.1 Å². The van der Waals surface area contributed by atoms with Gasteiger partial charge in [-0.3, -0.25) is 57.7 Å². The number of amides is 5. The molecular weight excluding hydrogens is 971 g/mol. The third kappa shape index (κ3) is 25.0. The zero-order valence-corrected chi connectivity index (χ0v) is 44.9. The van der Waals surface area contributed by atoms with Gasteiger partial charge in [-0.05, 0) is 69.4 Å². The highest BCUT2D eigenvalue weighted by atomic mass is 16.4. The molecule has 0 spiro atoms. The van der Waals surface area contributed by atoms with E-state index in [0.717, 1.165) is 12.8 Å². The summed E-state index contributed by atoms with van der Waals surface area (Å²) in [6.45, 7) is 12.3. The maximum atomic E-state index is 14.2. The van der Waals surface area contributed by atoms with Crippen LogP contribution in [-0.4, -0.2) is 118 Å². The zero-order chi connectivity index (χ0) is 56.9. The molecule has 0 saturated carbocycles. The van der Waals surface area contributed by atoms with E-state index in [-0.39, 0.29) is 55.9 Å². The molecule has 0 bridgehead atoms. The molecule has 5 amide bonds. The number of nitrogens with one attached hydrogen (secondary N) is 4. The number of hydrogen-bond acceptors (Lipinski definition) is 13. The molecular formula is C53H85N9O13. The standard InChI is InChI=1S/C53H85N9O13/c1-8-30(4)37(48(55)71)26-44(65)39(24-34-17-12-11-13-18-34)62-52(75)38(31(5)9-2)27-45(66)41(29-47(69)70)60-49(72)32(6)23-43(64)40(28-46(67)68)61-51(74)36(20-16-22-58-53(56)57)25-42(63)33(7)59-50(73)35(10-3)19-14-15-21-54/h11-13,17-18,30-33,35-41H,8-10,14-16,19-29,54H2,1-7H3,(H2,55,71)(H,59,73)(H,60,72)(H,61,74)(H,62,75)(H,67,68)(H,69,70)(H4,56,57,58)/t30-,31-,32+,33-,35-,36+,37-,38-,39-,40-,41-/m0/s1. The number of rotatable bonds is 40. The zero-order valence-electron chi connectivity index (χ0n) is 44.9. The number of nitrogens with zero attached hydrogens (tertiary/aromatic N) is 1. The van der Waals surface area contributed by atoms with Gasteiger partial charge in [-0.15, -0.1) is 0 Å². The van der Waals surface area contributed by atoms with Gasteiger partial charge in [0, 0.05) is 61.8 Å². The number of ketones is 4. The second-order valence-electron chi connectivity index (χ2n) is 19.8. The SMILES string of the molecule is CC[C@@H](CCCCN)C(=O)N[C@@H](C)C(=O)C[C@@H](CCCN=C(N)N)C(=O)N[C@@H](CC(=O)O)C(=O)C[C@@H](C)C(=O)N[C@@H](CC(=O)O)C(=O)C[C@H](C(=O)N[C@@H](Cc1ccccc1)C(=O)C[C@H](C(N)=O)[C@@H](C)CC)[C@@H](C)CC. The molecule has 0 fully saturated rings. The van der Waals surface area contributed by atoms with Gasteiger partial charge >= 0.3 is 11.9 Å². The van der Waals surface area contributed by atoms with Crippen LogP contribution < -0.4 is 44.2 Å². The maximum absolute atomic E-state index is 14.2. The van der Waals surface area contributed by atoms with Crippen LogP contribution in [0.3, 0.4) is 0 Å². The van der Waals surface area contributed by atoms with Crippen molar-refractivity contribution in [3.63, 3.8) is 0 Å². The fourth-order valence-corrected chi connectivity index (χ4v) is 8.53. The monoisotopic (exact) mass is 1060 g/mol. The van der Waals surface area contributed by atoms with Crippen molar-refractivity contribution in [2.45, 2.75) is 169 Å². The number of benzene rings is 1. The first-order chi connectivity index (χ1) is 35.3. The van der Waals surface area contributed by atoms with Crippen LogP contribution in [0.2, 0.25) is 0 Å². The highest BCUT2D eigenvalue weighted by Gasteiger charge is 2.37. The number of carboxylic acid groups (broad SMARTS) is 2. The summed E-state index contributed by atoms with van der Waals surface area (Å²) >= 11 is 0. The molecule has 1 aromatic rings. The molecule has 0 aliphatic heterocycles. The first-order valence-corrected chi connectivity index (χ1v) is 26.1. The van der Waals surface area contributed by atoms with Gasteiger partial charge in [0.05, 0.1) is 37.0 Å². The Morgan fingerprint density at radius 3 is 1.55 bits per heavy atom. The number of carbonyl (C=O) groups is 11. The number of hydrogen-bond donors (Lipinski definition) is 10. The topological polar surface area (TPSA) is 393 Å². The van der Waals surface area contributed by atoms with Crippen LogP contribution in [0.5, 0.6) is 0 Å². The Labute approximate surface area is 440 Å². The molecule has 0 aliphatic rings. The van der Waals surface area contributed by atoms with E-state index in [9.17, 15) is 63.0 Å². The quantitative estimate of drug-likeness (QED) is 0.0256. The Bertz CT molecular complexity index is 2120. The minimum atomic E-state index is -1.70. The van der Waals surface area contributed by atoms with Gasteiger partial charge < -0.3 is 54.4 Å². The van der Waals surface area contributed by atoms with Crippen LogP contribution in [0.1, 0.15) is 144 Å². The predicted molar refractivity (Wildman–Crippen MR) is 281 cm³/mol. The van der Waals surface area contributed by atoms with Crippen molar-refractivity contribution >= 4 is 70.6 Å². The molecule has 1 rings (SSSR count). The normalized spacial score (nSPS) is 15.6. The summed E-state index contributed by atoms with van der Waals surface area (Å²) in [5, 5.41) is 29.9. The molecule has 0 unspecified atom stereocenters. The molecule has 22 heteroatoms. The Morgan fingerprint density at radius 2 is 1.03 bits per heavy atom. The molecule has 14 N–H and O–H groups in total. The molecule has 420 valence electrons. The summed E-state index contributed by atoms with van der Waals surface area (Å²) in [6, 6.07) is 3.31. The molecule has 0 heterocycles. The number of aliphatic imine (C=N–C) groups is 1. The third-order valence-electron chi connectivity index (χ3n) is 13.9. The van der Waals surface area contributed by atoms with Gasteiger partial charge in [-0.25, -0.2) is 0 Å². The number of aliphatic carboxylic acids is 2. The lowest BCUT2D eigenvalue weighted by molar-refractivity contribution is -0.141.